The third-order valence-electron chi connectivity index (χ3n) is 5.61. The van der Waals surface area contributed by atoms with Gasteiger partial charge in [-0.25, -0.2) is 24.1 Å². The van der Waals surface area contributed by atoms with Crippen LogP contribution in [0.2, 0.25) is 0 Å². The molecule has 4 rings (SSSR count). The van der Waals surface area contributed by atoms with Crippen molar-refractivity contribution < 1.29 is 19.0 Å². The molecule has 1 aliphatic heterocycles. The van der Waals surface area contributed by atoms with Crippen LogP contribution in [0.3, 0.4) is 0 Å². The second-order valence-electron chi connectivity index (χ2n) is 10.1. The molecule has 3 aromatic rings. The first-order valence-electron chi connectivity index (χ1n) is 11.4. The van der Waals surface area contributed by atoms with Gasteiger partial charge in [-0.15, -0.1) is 0 Å². The molecule has 0 aliphatic carbocycles. The van der Waals surface area contributed by atoms with E-state index in [9.17, 15) is 14.3 Å². The molecule has 0 radical (unpaired) electrons. The van der Waals surface area contributed by atoms with Crippen molar-refractivity contribution in [3.05, 3.63) is 42.1 Å². The van der Waals surface area contributed by atoms with Gasteiger partial charge in [-0.3, -0.25) is 4.40 Å². The number of carbonyl (C=O) groups is 1. The van der Waals surface area contributed by atoms with Crippen LogP contribution in [-0.2, 0) is 10.3 Å². The zero-order chi connectivity index (χ0) is 24.7. The van der Waals surface area contributed by atoms with Crippen molar-refractivity contribution in [1.29, 1.82) is 0 Å². The van der Waals surface area contributed by atoms with Crippen LogP contribution < -0.4 is 5.32 Å². The SMILES string of the molecule is CC(C)(C)OC(=O)N1CCCC(Nc2ncc(F)c(-c3cnc4ccc(C(C)(C)O)cn34)n2)C1. The molecule has 1 unspecified atom stereocenters. The van der Waals surface area contributed by atoms with Crippen LogP contribution >= 0.6 is 0 Å². The van der Waals surface area contributed by atoms with Crippen LogP contribution in [0.4, 0.5) is 15.1 Å². The summed E-state index contributed by atoms with van der Waals surface area (Å²) in [5.74, 6) is -0.318. The summed E-state index contributed by atoms with van der Waals surface area (Å²) in [6.45, 7) is 9.93. The van der Waals surface area contributed by atoms with Crippen molar-refractivity contribution in [2.45, 2.75) is 64.7 Å². The van der Waals surface area contributed by atoms with Crippen LogP contribution in [0.15, 0.2) is 30.7 Å². The van der Waals surface area contributed by atoms with Gasteiger partial charge in [0.05, 0.1) is 23.7 Å². The number of aromatic nitrogens is 4. The lowest BCUT2D eigenvalue weighted by Gasteiger charge is -2.34. The molecule has 182 valence electrons. The largest absolute Gasteiger partial charge is 0.444 e. The summed E-state index contributed by atoms with van der Waals surface area (Å²) < 4.78 is 22.0. The predicted octanol–water partition coefficient (Wildman–Crippen LogP) is 3.97. The molecular weight excluding hydrogens is 439 g/mol. The number of nitrogens with one attached hydrogen (secondary N) is 1. The van der Waals surface area contributed by atoms with Crippen molar-refractivity contribution in [2.75, 3.05) is 18.4 Å². The number of amides is 1. The number of rotatable bonds is 4. The summed E-state index contributed by atoms with van der Waals surface area (Å²) in [6, 6.07) is 3.46. The van der Waals surface area contributed by atoms with E-state index in [0.29, 0.717) is 30.0 Å². The number of hydrogen-bond donors (Lipinski definition) is 2. The number of imidazole rings is 1. The van der Waals surface area contributed by atoms with Gasteiger partial charge in [-0.05, 0) is 59.1 Å². The minimum Gasteiger partial charge on any atom is -0.444 e. The van der Waals surface area contributed by atoms with E-state index in [4.69, 9.17) is 4.74 Å². The summed E-state index contributed by atoms with van der Waals surface area (Å²) in [4.78, 5) is 27.0. The molecule has 0 aromatic carbocycles. The van der Waals surface area contributed by atoms with E-state index in [-0.39, 0.29) is 23.8 Å². The van der Waals surface area contributed by atoms with E-state index >= 15 is 0 Å². The highest BCUT2D eigenvalue weighted by molar-refractivity contribution is 5.68. The van der Waals surface area contributed by atoms with Gasteiger partial charge < -0.3 is 20.1 Å². The smallest absolute Gasteiger partial charge is 0.410 e. The lowest BCUT2D eigenvalue weighted by Crippen LogP contribution is -2.47. The lowest BCUT2D eigenvalue weighted by atomic mass is 10.0. The molecule has 3 aromatic heterocycles. The summed E-state index contributed by atoms with van der Waals surface area (Å²) in [6.07, 6.45) is 5.67. The molecule has 0 spiro atoms. The highest BCUT2D eigenvalue weighted by atomic mass is 19.1. The number of aliphatic hydroxyl groups is 1. The first-order chi connectivity index (χ1) is 15.9. The maximum absolute atomic E-state index is 14.8. The average molecular weight is 471 g/mol. The molecule has 9 nitrogen and oxygen atoms in total. The molecule has 1 fully saturated rings. The van der Waals surface area contributed by atoms with Crippen molar-refractivity contribution >= 4 is 17.7 Å². The van der Waals surface area contributed by atoms with Crippen LogP contribution in [0.25, 0.3) is 17.0 Å². The second kappa shape index (κ2) is 8.83. The second-order valence-corrected chi connectivity index (χ2v) is 10.1. The molecule has 1 aliphatic rings. The number of carbonyl (C=O) groups excluding carboxylic acids is 1. The van der Waals surface area contributed by atoms with Crippen LogP contribution in [0.1, 0.15) is 53.0 Å². The van der Waals surface area contributed by atoms with E-state index < -0.39 is 17.0 Å². The molecule has 2 N–H and O–H groups in total. The standard InChI is InChI=1S/C24H31FN6O3/c1-23(2,3)34-22(32)30-10-6-7-16(14-30)28-21-27-11-17(25)20(29-21)18-12-26-19-9-8-15(13-31(18)19)24(4,5)33/h8-9,11-13,16,33H,6-7,10,14H2,1-5H3,(H,27,28,29). The molecule has 34 heavy (non-hydrogen) atoms. The van der Waals surface area contributed by atoms with Gasteiger partial charge in [0.2, 0.25) is 5.95 Å². The molecule has 4 heterocycles. The third-order valence-corrected chi connectivity index (χ3v) is 5.61. The van der Waals surface area contributed by atoms with Crippen molar-refractivity contribution in [1.82, 2.24) is 24.3 Å². The Labute approximate surface area is 198 Å². The van der Waals surface area contributed by atoms with E-state index in [1.807, 2.05) is 20.8 Å². The van der Waals surface area contributed by atoms with E-state index in [2.05, 4.69) is 20.3 Å². The van der Waals surface area contributed by atoms with E-state index in [1.54, 1.807) is 47.7 Å². The number of anilines is 1. The van der Waals surface area contributed by atoms with Gasteiger partial charge in [0, 0.05) is 25.3 Å². The van der Waals surface area contributed by atoms with Crippen LogP contribution in [-0.4, -0.2) is 60.2 Å². The quantitative estimate of drug-likeness (QED) is 0.594. The Bertz CT molecular complexity index is 1200. The topological polar surface area (TPSA) is 105 Å². The molecular formula is C24H31FN6O3. The molecule has 1 atom stereocenters. The van der Waals surface area contributed by atoms with Gasteiger partial charge in [0.1, 0.15) is 16.9 Å². The third kappa shape index (κ3) is 5.27. The molecule has 0 bridgehead atoms. The van der Waals surface area contributed by atoms with Crippen molar-refractivity contribution in [3.63, 3.8) is 0 Å². The number of halogens is 1. The van der Waals surface area contributed by atoms with Gasteiger partial charge in [-0.2, -0.15) is 0 Å². The Morgan fingerprint density at radius 2 is 1.97 bits per heavy atom. The number of piperidine rings is 1. The molecule has 1 amide bonds. The van der Waals surface area contributed by atoms with Gasteiger partial charge in [-0.1, -0.05) is 6.07 Å². The Hall–Kier alpha value is -3.27. The Morgan fingerprint density at radius 3 is 2.68 bits per heavy atom. The maximum Gasteiger partial charge on any atom is 0.410 e. The van der Waals surface area contributed by atoms with E-state index in [1.165, 1.54) is 0 Å². The molecule has 1 saturated heterocycles. The number of ether oxygens (including phenoxy) is 1. The fraction of sp³-hybridized carbons (Fsp3) is 0.500. The normalized spacial score (nSPS) is 17.1. The fourth-order valence-electron chi connectivity index (χ4n) is 3.90. The first-order valence-corrected chi connectivity index (χ1v) is 11.4. The Balaban J connectivity index is 1.57. The van der Waals surface area contributed by atoms with Crippen molar-refractivity contribution in [2.24, 2.45) is 0 Å². The number of likely N-dealkylation sites (tertiary alicyclic amines) is 1. The molecule has 10 heteroatoms. The highest BCUT2D eigenvalue weighted by Gasteiger charge is 2.28. The van der Waals surface area contributed by atoms with Gasteiger partial charge in [0.15, 0.2) is 5.82 Å². The highest BCUT2D eigenvalue weighted by Crippen LogP contribution is 2.26. The number of pyridine rings is 1. The first kappa shape index (κ1) is 23.9. The van der Waals surface area contributed by atoms with Gasteiger partial charge in [0.25, 0.3) is 0 Å². The summed E-state index contributed by atoms with van der Waals surface area (Å²) in [5.41, 5.74) is 0.187. The summed E-state index contributed by atoms with van der Waals surface area (Å²) >= 11 is 0. The zero-order valence-electron chi connectivity index (χ0n) is 20.2. The summed E-state index contributed by atoms with van der Waals surface area (Å²) in [7, 11) is 0. The number of hydrogen-bond acceptors (Lipinski definition) is 7. The Kier molecular flexibility index (Phi) is 6.20. The average Bonchev–Trinajstić information content (AvgIpc) is 3.17. The van der Waals surface area contributed by atoms with E-state index in [0.717, 1.165) is 19.0 Å². The minimum atomic E-state index is -1.06. The maximum atomic E-state index is 14.8. The number of fused-ring (bicyclic) bond motifs is 1. The lowest BCUT2D eigenvalue weighted by molar-refractivity contribution is 0.0206. The van der Waals surface area contributed by atoms with Crippen LogP contribution in [0.5, 0.6) is 0 Å². The fourth-order valence-corrected chi connectivity index (χ4v) is 3.90. The number of nitrogens with zero attached hydrogens (tertiary/aromatic N) is 5. The predicted molar refractivity (Wildman–Crippen MR) is 126 cm³/mol. The summed E-state index contributed by atoms with van der Waals surface area (Å²) in [5, 5.41) is 13.6. The molecule has 0 saturated carbocycles. The monoisotopic (exact) mass is 470 g/mol. The zero-order valence-corrected chi connectivity index (χ0v) is 20.2. The van der Waals surface area contributed by atoms with Crippen molar-refractivity contribution in [3.8, 4) is 11.4 Å². The minimum absolute atomic E-state index is 0.0939. The van der Waals surface area contributed by atoms with Crippen LogP contribution in [0, 0.1) is 5.82 Å². The Morgan fingerprint density at radius 1 is 1.21 bits per heavy atom. The van der Waals surface area contributed by atoms with Gasteiger partial charge >= 0.3 is 6.09 Å².